The van der Waals surface area contributed by atoms with E-state index in [0.29, 0.717) is 0 Å². The molecule has 0 N–H and O–H groups in total. The Morgan fingerprint density at radius 3 is 2.38 bits per heavy atom. The lowest BCUT2D eigenvalue weighted by molar-refractivity contribution is -0.213. The predicted octanol–water partition coefficient (Wildman–Crippen LogP) is 2.21. The summed E-state index contributed by atoms with van der Waals surface area (Å²) < 4.78 is 36.6. The van der Waals surface area contributed by atoms with Gasteiger partial charge in [0.15, 0.2) is 5.92 Å². The van der Waals surface area contributed by atoms with Crippen molar-refractivity contribution in [3.63, 3.8) is 0 Å². The van der Waals surface area contributed by atoms with Crippen molar-refractivity contribution in [1.29, 1.82) is 0 Å². The van der Waals surface area contributed by atoms with E-state index in [9.17, 15) is 18.0 Å². The summed E-state index contributed by atoms with van der Waals surface area (Å²) in [5.74, 6) is -2.62. The van der Waals surface area contributed by atoms with E-state index in [1.807, 2.05) is 6.07 Å². The van der Waals surface area contributed by atoms with Gasteiger partial charge >= 0.3 is 6.18 Å². The van der Waals surface area contributed by atoms with Crippen molar-refractivity contribution in [1.82, 2.24) is 4.90 Å². The fourth-order valence-corrected chi connectivity index (χ4v) is 1.69. The van der Waals surface area contributed by atoms with Gasteiger partial charge in [0, 0.05) is 13.1 Å². The number of carbonyl (C=O) groups excluding carboxylic acids is 1. The van der Waals surface area contributed by atoms with Gasteiger partial charge in [0.25, 0.3) is 0 Å². The molecule has 1 saturated heterocycles. The number of nitrogens with zero attached hydrogens (tertiary/aromatic N) is 1. The SMILES string of the molecule is O=C1C(C(F)(F)F)CN1Cc1ccccc1. The minimum atomic E-state index is -4.40. The first-order valence-electron chi connectivity index (χ1n) is 4.88. The standard InChI is InChI=1S/C11H10F3NO/c12-11(13,14)9-7-15(10(9)16)6-8-4-2-1-3-5-8/h1-5,9H,6-7H2. The van der Waals surface area contributed by atoms with E-state index in [1.54, 1.807) is 24.3 Å². The molecule has 0 bridgehead atoms. The van der Waals surface area contributed by atoms with E-state index in [1.165, 1.54) is 4.90 Å². The maximum atomic E-state index is 12.2. The molecule has 0 aromatic heterocycles. The highest BCUT2D eigenvalue weighted by Gasteiger charge is 2.53. The first-order valence-corrected chi connectivity index (χ1v) is 4.88. The van der Waals surface area contributed by atoms with Crippen molar-refractivity contribution in [2.45, 2.75) is 12.7 Å². The average molecular weight is 229 g/mol. The molecule has 0 saturated carbocycles. The lowest BCUT2D eigenvalue weighted by Gasteiger charge is -2.39. The molecule has 5 heteroatoms. The van der Waals surface area contributed by atoms with Gasteiger partial charge in [0.05, 0.1) is 0 Å². The van der Waals surface area contributed by atoms with Crippen molar-refractivity contribution >= 4 is 5.91 Å². The third-order valence-electron chi connectivity index (χ3n) is 2.62. The van der Waals surface area contributed by atoms with Gasteiger partial charge in [-0.15, -0.1) is 0 Å². The number of β-lactam (4-membered cyclic amide) rings is 1. The maximum Gasteiger partial charge on any atom is 0.402 e. The highest BCUT2D eigenvalue weighted by molar-refractivity contribution is 5.85. The number of carbonyl (C=O) groups is 1. The molecule has 86 valence electrons. The summed E-state index contributed by atoms with van der Waals surface area (Å²) in [4.78, 5) is 12.4. The third-order valence-corrected chi connectivity index (χ3v) is 2.62. The molecule has 0 radical (unpaired) electrons. The molecule has 2 nitrogen and oxygen atoms in total. The number of alkyl halides is 3. The van der Waals surface area contributed by atoms with Crippen molar-refractivity contribution in [2.24, 2.45) is 5.92 Å². The van der Waals surface area contributed by atoms with Crippen molar-refractivity contribution in [2.75, 3.05) is 6.54 Å². The number of rotatable bonds is 2. The highest BCUT2D eigenvalue weighted by Crippen LogP contribution is 2.35. The Hall–Kier alpha value is -1.52. The minimum Gasteiger partial charge on any atom is -0.337 e. The van der Waals surface area contributed by atoms with Crippen molar-refractivity contribution in [3.8, 4) is 0 Å². The van der Waals surface area contributed by atoms with Gasteiger partial charge in [-0.3, -0.25) is 4.79 Å². The van der Waals surface area contributed by atoms with Gasteiger partial charge in [-0.05, 0) is 5.56 Å². The van der Waals surface area contributed by atoms with Crippen LogP contribution in [0, 0.1) is 5.92 Å². The van der Waals surface area contributed by atoms with E-state index in [2.05, 4.69) is 0 Å². The molecule has 1 fully saturated rings. The molecule has 0 aliphatic carbocycles. The van der Waals surface area contributed by atoms with Crippen LogP contribution in [0.4, 0.5) is 13.2 Å². The molecule has 1 aliphatic rings. The van der Waals surface area contributed by atoms with E-state index in [-0.39, 0.29) is 13.1 Å². The fraction of sp³-hybridized carbons (Fsp3) is 0.364. The maximum absolute atomic E-state index is 12.2. The van der Waals surface area contributed by atoms with E-state index in [0.717, 1.165) is 5.56 Å². The van der Waals surface area contributed by atoms with Gasteiger partial charge in [-0.1, -0.05) is 30.3 Å². The summed E-state index contributed by atoms with van der Waals surface area (Å²) in [6, 6.07) is 8.98. The quantitative estimate of drug-likeness (QED) is 0.712. The van der Waals surface area contributed by atoms with Crippen LogP contribution in [0.15, 0.2) is 30.3 Å². The summed E-state index contributed by atoms with van der Waals surface area (Å²) in [5, 5.41) is 0. The molecule has 1 aromatic carbocycles. The zero-order chi connectivity index (χ0) is 11.8. The van der Waals surface area contributed by atoms with E-state index < -0.39 is 18.0 Å². The normalized spacial score (nSPS) is 20.8. The molecular weight excluding hydrogens is 219 g/mol. The van der Waals surface area contributed by atoms with Crippen LogP contribution in [-0.4, -0.2) is 23.5 Å². The van der Waals surface area contributed by atoms with Crippen LogP contribution >= 0.6 is 0 Å². The number of amides is 1. The Labute approximate surface area is 90.7 Å². The van der Waals surface area contributed by atoms with Crippen molar-refractivity contribution in [3.05, 3.63) is 35.9 Å². The molecule has 1 amide bonds. The molecule has 2 rings (SSSR count). The van der Waals surface area contributed by atoms with E-state index in [4.69, 9.17) is 0 Å². The highest BCUT2D eigenvalue weighted by atomic mass is 19.4. The van der Waals surface area contributed by atoms with Crippen LogP contribution in [0.1, 0.15) is 5.56 Å². The first kappa shape index (κ1) is 11.0. The molecular formula is C11H10F3NO. The van der Waals surface area contributed by atoms with Crippen molar-refractivity contribution < 1.29 is 18.0 Å². The molecule has 1 heterocycles. The minimum absolute atomic E-state index is 0.225. The van der Waals surface area contributed by atoms with Gasteiger partial charge in [-0.25, -0.2) is 0 Å². The van der Waals surface area contributed by atoms with Gasteiger partial charge < -0.3 is 4.90 Å². The molecule has 1 aromatic rings. The fourth-order valence-electron chi connectivity index (χ4n) is 1.69. The second kappa shape index (κ2) is 3.81. The van der Waals surface area contributed by atoms with Crippen LogP contribution in [-0.2, 0) is 11.3 Å². The Morgan fingerprint density at radius 1 is 1.25 bits per heavy atom. The zero-order valence-corrected chi connectivity index (χ0v) is 8.37. The predicted molar refractivity (Wildman–Crippen MR) is 51.4 cm³/mol. The average Bonchev–Trinajstić information content (AvgIpc) is 2.23. The smallest absolute Gasteiger partial charge is 0.337 e. The number of hydrogen-bond donors (Lipinski definition) is 0. The third kappa shape index (κ3) is 2.03. The Kier molecular flexibility index (Phi) is 2.61. The van der Waals surface area contributed by atoms with Crippen LogP contribution < -0.4 is 0 Å². The largest absolute Gasteiger partial charge is 0.402 e. The number of likely N-dealkylation sites (tertiary alicyclic amines) is 1. The molecule has 1 atom stereocenters. The Balaban J connectivity index is 1.95. The van der Waals surface area contributed by atoms with Gasteiger partial charge in [0.2, 0.25) is 5.91 Å². The molecule has 0 spiro atoms. The summed E-state index contributed by atoms with van der Waals surface area (Å²) >= 11 is 0. The topological polar surface area (TPSA) is 20.3 Å². The lowest BCUT2D eigenvalue weighted by atomic mass is 9.97. The monoisotopic (exact) mass is 229 g/mol. The Morgan fingerprint density at radius 2 is 1.88 bits per heavy atom. The van der Waals surface area contributed by atoms with Crippen LogP contribution in [0.25, 0.3) is 0 Å². The first-order chi connectivity index (χ1) is 7.48. The molecule has 1 aliphatic heterocycles. The number of halogens is 3. The molecule has 16 heavy (non-hydrogen) atoms. The second-order valence-corrected chi connectivity index (χ2v) is 3.80. The summed E-state index contributed by atoms with van der Waals surface area (Å²) in [6.07, 6.45) is -4.40. The van der Waals surface area contributed by atoms with Gasteiger partial charge in [-0.2, -0.15) is 13.2 Å². The van der Waals surface area contributed by atoms with E-state index >= 15 is 0 Å². The van der Waals surface area contributed by atoms with Crippen LogP contribution in [0.2, 0.25) is 0 Å². The second-order valence-electron chi connectivity index (χ2n) is 3.80. The summed E-state index contributed by atoms with van der Waals surface area (Å²) in [5.41, 5.74) is 0.844. The Bertz CT molecular complexity index is 388. The number of benzene rings is 1. The van der Waals surface area contributed by atoms with Gasteiger partial charge in [0.1, 0.15) is 0 Å². The van der Waals surface area contributed by atoms with Crippen LogP contribution in [0.3, 0.4) is 0 Å². The van der Waals surface area contributed by atoms with Crippen LogP contribution in [0.5, 0.6) is 0 Å². The summed E-state index contributed by atoms with van der Waals surface area (Å²) in [7, 11) is 0. The lowest BCUT2D eigenvalue weighted by Crippen LogP contribution is -2.57. The summed E-state index contributed by atoms with van der Waals surface area (Å²) in [6.45, 7) is 0.0312. The zero-order valence-electron chi connectivity index (χ0n) is 8.37. The molecule has 1 unspecified atom stereocenters. The number of hydrogen-bond acceptors (Lipinski definition) is 1.